The van der Waals surface area contributed by atoms with Crippen molar-refractivity contribution >= 4 is 15.8 Å². The minimum atomic E-state index is -2.94. The predicted octanol–water partition coefficient (Wildman–Crippen LogP) is 2.14. The second-order valence-corrected chi connectivity index (χ2v) is 8.45. The van der Waals surface area contributed by atoms with Gasteiger partial charge in [-0.2, -0.15) is 0 Å². The Kier molecular flexibility index (Phi) is 9.34. The van der Waals surface area contributed by atoms with Gasteiger partial charge in [-0.05, 0) is 38.8 Å². The van der Waals surface area contributed by atoms with E-state index in [0.29, 0.717) is 25.5 Å². The molecule has 1 unspecified atom stereocenters. The van der Waals surface area contributed by atoms with Crippen LogP contribution in [0.25, 0.3) is 0 Å². The van der Waals surface area contributed by atoms with Crippen LogP contribution in [-0.4, -0.2) is 52.1 Å². The van der Waals surface area contributed by atoms with Gasteiger partial charge < -0.3 is 15.4 Å². The zero-order valence-electron chi connectivity index (χ0n) is 15.7. The van der Waals surface area contributed by atoms with Crippen LogP contribution in [0.5, 0.6) is 5.75 Å². The maximum absolute atomic E-state index is 11.2. The van der Waals surface area contributed by atoms with Crippen molar-refractivity contribution in [3.63, 3.8) is 0 Å². The molecule has 0 aliphatic heterocycles. The number of aliphatic imine (C=N–C) groups is 1. The molecule has 1 aromatic carbocycles. The Balaban J connectivity index is 2.38. The summed E-state index contributed by atoms with van der Waals surface area (Å²) in [5.74, 6) is 1.79. The first-order valence-electron chi connectivity index (χ1n) is 8.73. The number of nitrogens with one attached hydrogen (secondary N) is 2. The minimum absolute atomic E-state index is 0.0377. The summed E-state index contributed by atoms with van der Waals surface area (Å²) >= 11 is 0. The number of nitrogens with zero attached hydrogens (tertiary/aromatic N) is 1. The Labute approximate surface area is 152 Å². The fourth-order valence-electron chi connectivity index (χ4n) is 2.17. The molecule has 7 heteroatoms. The summed E-state index contributed by atoms with van der Waals surface area (Å²) in [5, 5.41) is 6.42. The van der Waals surface area contributed by atoms with Crippen molar-refractivity contribution in [2.75, 3.05) is 31.7 Å². The van der Waals surface area contributed by atoms with Gasteiger partial charge in [-0.3, -0.25) is 4.99 Å². The van der Waals surface area contributed by atoms with E-state index >= 15 is 0 Å². The van der Waals surface area contributed by atoms with Crippen LogP contribution >= 0.6 is 0 Å². The molecule has 1 atom stereocenters. The second kappa shape index (κ2) is 11.0. The number of para-hydroxylation sites is 1. The second-order valence-electron chi connectivity index (χ2n) is 6.19. The van der Waals surface area contributed by atoms with E-state index in [1.54, 1.807) is 0 Å². The van der Waals surface area contributed by atoms with E-state index in [1.165, 1.54) is 6.26 Å². The Bertz CT molecular complexity index is 645. The quantitative estimate of drug-likeness (QED) is 0.375. The molecule has 0 fully saturated rings. The van der Waals surface area contributed by atoms with Gasteiger partial charge in [0, 0.05) is 31.8 Å². The molecule has 0 heterocycles. The largest absolute Gasteiger partial charge is 0.493 e. The van der Waals surface area contributed by atoms with E-state index in [-0.39, 0.29) is 11.8 Å². The van der Waals surface area contributed by atoms with Gasteiger partial charge >= 0.3 is 0 Å². The van der Waals surface area contributed by atoms with Crippen LogP contribution < -0.4 is 15.4 Å². The van der Waals surface area contributed by atoms with Gasteiger partial charge in [0.25, 0.3) is 0 Å². The van der Waals surface area contributed by atoms with Crippen molar-refractivity contribution in [2.45, 2.75) is 39.7 Å². The monoisotopic (exact) mass is 369 g/mol. The Morgan fingerprint density at radius 2 is 2.04 bits per heavy atom. The smallest absolute Gasteiger partial charge is 0.191 e. The van der Waals surface area contributed by atoms with Gasteiger partial charge in [-0.15, -0.1) is 0 Å². The van der Waals surface area contributed by atoms with E-state index in [1.807, 2.05) is 45.0 Å². The summed E-state index contributed by atoms with van der Waals surface area (Å²) < 4.78 is 28.2. The van der Waals surface area contributed by atoms with Crippen molar-refractivity contribution in [3.05, 3.63) is 29.8 Å². The van der Waals surface area contributed by atoms with Crippen LogP contribution in [0.4, 0.5) is 0 Å². The third kappa shape index (κ3) is 9.96. The van der Waals surface area contributed by atoms with Gasteiger partial charge in [-0.1, -0.05) is 18.2 Å². The molecule has 0 amide bonds. The molecule has 25 heavy (non-hydrogen) atoms. The standard InChI is InChI=1S/C18H31N3O3S/c1-5-19-18(21-16(3)11-14-25(4,22)23)20-12-8-13-24-17-10-7-6-9-15(17)2/h6-7,9-10,16H,5,8,11-14H2,1-4H3,(H2,19,20,21). The zero-order chi connectivity index (χ0) is 18.7. The summed E-state index contributed by atoms with van der Waals surface area (Å²) in [5.41, 5.74) is 1.13. The molecule has 0 aliphatic carbocycles. The molecule has 2 N–H and O–H groups in total. The van der Waals surface area contributed by atoms with Gasteiger partial charge in [0.2, 0.25) is 0 Å². The minimum Gasteiger partial charge on any atom is -0.493 e. The SMILES string of the molecule is CCNC(=NCCCOc1ccccc1C)NC(C)CCS(C)(=O)=O. The lowest BCUT2D eigenvalue weighted by molar-refractivity contribution is 0.311. The molecule has 6 nitrogen and oxygen atoms in total. The number of sulfone groups is 1. The summed E-state index contributed by atoms with van der Waals surface area (Å²) in [6.45, 7) is 7.99. The molecule has 0 saturated heterocycles. The third-order valence-electron chi connectivity index (χ3n) is 3.57. The highest BCUT2D eigenvalue weighted by atomic mass is 32.2. The molecule has 0 bridgehead atoms. The van der Waals surface area contributed by atoms with Crippen LogP contribution in [0.1, 0.15) is 32.3 Å². The number of benzene rings is 1. The Morgan fingerprint density at radius 1 is 1.32 bits per heavy atom. The number of hydrogen-bond acceptors (Lipinski definition) is 4. The average molecular weight is 370 g/mol. The first-order chi connectivity index (χ1) is 11.8. The zero-order valence-corrected chi connectivity index (χ0v) is 16.5. The van der Waals surface area contributed by atoms with Crippen molar-refractivity contribution in [3.8, 4) is 5.75 Å². The van der Waals surface area contributed by atoms with Crippen LogP contribution in [0.15, 0.2) is 29.3 Å². The van der Waals surface area contributed by atoms with Gasteiger partial charge in [0.15, 0.2) is 5.96 Å². The van der Waals surface area contributed by atoms with Crippen LogP contribution in [0, 0.1) is 6.92 Å². The van der Waals surface area contributed by atoms with Crippen LogP contribution in [0.2, 0.25) is 0 Å². The van der Waals surface area contributed by atoms with Gasteiger partial charge in [-0.25, -0.2) is 8.42 Å². The number of guanidine groups is 1. The van der Waals surface area contributed by atoms with E-state index < -0.39 is 9.84 Å². The highest BCUT2D eigenvalue weighted by molar-refractivity contribution is 7.90. The Hall–Kier alpha value is -1.76. The molecule has 142 valence electrons. The molecular weight excluding hydrogens is 338 g/mol. The molecule has 0 radical (unpaired) electrons. The topological polar surface area (TPSA) is 79.8 Å². The molecule has 0 saturated carbocycles. The van der Waals surface area contributed by atoms with Crippen molar-refractivity contribution in [2.24, 2.45) is 4.99 Å². The van der Waals surface area contributed by atoms with Crippen molar-refractivity contribution < 1.29 is 13.2 Å². The highest BCUT2D eigenvalue weighted by Gasteiger charge is 2.09. The lowest BCUT2D eigenvalue weighted by atomic mass is 10.2. The predicted molar refractivity (Wildman–Crippen MR) is 104 cm³/mol. The molecular formula is C18H31N3O3S. The summed E-state index contributed by atoms with van der Waals surface area (Å²) in [6.07, 6.45) is 2.62. The summed E-state index contributed by atoms with van der Waals surface area (Å²) in [4.78, 5) is 4.52. The maximum atomic E-state index is 11.2. The first-order valence-corrected chi connectivity index (χ1v) is 10.8. The lowest BCUT2D eigenvalue weighted by Gasteiger charge is -2.17. The Morgan fingerprint density at radius 3 is 2.68 bits per heavy atom. The van der Waals surface area contributed by atoms with Crippen LogP contribution in [-0.2, 0) is 9.84 Å². The molecule has 0 aliphatic rings. The van der Waals surface area contributed by atoms with Crippen molar-refractivity contribution in [1.29, 1.82) is 0 Å². The highest BCUT2D eigenvalue weighted by Crippen LogP contribution is 2.16. The maximum Gasteiger partial charge on any atom is 0.191 e. The summed E-state index contributed by atoms with van der Waals surface area (Å²) in [7, 11) is -2.94. The molecule has 1 aromatic rings. The number of rotatable bonds is 10. The fourth-order valence-corrected chi connectivity index (χ4v) is 2.95. The number of hydrogen-bond donors (Lipinski definition) is 2. The van der Waals surface area contributed by atoms with Crippen molar-refractivity contribution in [1.82, 2.24) is 10.6 Å². The normalized spacial score (nSPS) is 13.4. The van der Waals surface area contributed by atoms with E-state index in [4.69, 9.17) is 4.74 Å². The fraction of sp³-hybridized carbons (Fsp3) is 0.611. The molecule has 0 aromatic heterocycles. The molecule has 1 rings (SSSR count). The number of ether oxygens (including phenoxy) is 1. The van der Waals surface area contributed by atoms with E-state index in [0.717, 1.165) is 24.3 Å². The number of aryl methyl sites for hydroxylation is 1. The van der Waals surface area contributed by atoms with E-state index in [9.17, 15) is 8.42 Å². The average Bonchev–Trinajstić information content (AvgIpc) is 2.54. The third-order valence-corrected chi connectivity index (χ3v) is 4.55. The first kappa shape index (κ1) is 21.3. The van der Waals surface area contributed by atoms with Gasteiger partial charge in [0.05, 0.1) is 12.4 Å². The summed E-state index contributed by atoms with van der Waals surface area (Å²) in [6, 6.07) is 7.99. The van der Waals surface area contributed by atoms with E-state index in [2.05, 4.69) is 15.6 Å². The lowest BCUT2D eigenvalue weighted by Crippen LogP contribution is -2.43. The molecule has 0 spiro atoms. The van der Waals surface area contributed by atoms with Crippen LogP contribution in [0.3, 0.4) is 0 Å². The van der Waals surface area contributed by atoms with Gasteiger partial charge in [0.1, 0.15) is 15.6 Å².